The summed E-state index contributed by atoms with van der Waals surface area (Å²) in [4.78, 5) is 13.3. The van der Waals surface area contributed by atoms with E-state index in [0.29, 0.717) is 13.1 Å². The standard InChI is InChI=1S/C10H18F3N3O2.ClH/c11-10(12,13)8-18-7-9(17)15-3-6-16-4-1-14-2-5-16;/h14H,1-8H2,(H,15,17);1H. The molecular formula is C10H19ClF3N3O2. The van der Waals surface area contributed by atoms with E-state index in [2.05, 4.69) is 20.3 Å². The molecule has 0 bridgehead atoms. The van der Waals surface area contributed by atoms with E-state index in [9.17, 15) is 18.0 Å². The molecule has 1 rings (SSSR count). The van der Waals surface area contributed by atoms with Crippen molar-refractivity contribution >= 4 is 18.3 Å². The molecule has 114 valence electrons. The van der Waals surface area contributed by atoms with E-state index in [1.54, 1.807) is 0 Å². The highest BCUT2D eigenvalue weighted by Gasteiger charge is 2.27. The Kier molecular flexibility index (Phi) is 9.07. The number of rotatable bonds is 6. The lowest BCUT2D eigenvalue weighted by molar-refractivity contribution is -0.175. The Morgan fingerprint density at radius 1 is 1.32 bits per heavy atom. The Bertz CT molecular complexity index is 261. The SMILES string of the molecule is Cl.O=C(COCC(F)(F)F)NCCN1CCNCC1. The molecule has 0 aromatic heterocycles. The van der Waals surface area contributed by atoms with Crippen molar-refractivity contribution in [2.75, 3.05) is 52.5 Å². The van der Waals surface area contributed by atoms with Gasteiger partial charge in [-0.2, -0.15) is 13.2 Å². The van der Waals surface area contributed by atoms with E-state index in [-0.39, 0.29) is 12.4 Å². The fourth-order valence-electron chi connectivity index (χ4n) is 1.60. The van der Waals surface area contributed by atoms with Gasteiger partial charge >= 0.3 is 6.18 Å². The zero-order chi connectivity index (χ0) is 13.4. The first-order chi connectivity index (χ1) is 8.47. The second-order valence-corrected chi connectivity index (χ2v) is 4.05. The highest BCUT2D eigenvalue weighted by Crippen LogP contribution is 2.13. The highest BCUT2D eigenvalue weighted by molar-refractivity contribution is 5.85. The van der Waals surface area contributed by atoms with Crippen LogP contribution in [0.1, 0.15) is 0 Å². The molecule has 0 spiro atoms. The summed E-state index contributed by atoms with van der Waals surface area (Å²) < 4.78 is 39.4. The fourth-order valence-corrected chi connectivity index (χ4v) is 1.60. The number of halogens is 4. The average molecular weight is 306 g/mol. The Morgan fingerprint density at radius 3 is 2.53 bits per heavy atom. The van der Waals surface area contributed by atoms with Crippen LogP contribution < -0.4 is 10.6 Å². The first kappa shape index (κ1) is 18.4. The number of hydrogen-bond donors (Lipinski definition) is 2. The number of ether oxygens (including phenoxy) is 1. The van der Waals surface area contributed by atoms with Crippen LogP contribution in [-0.4, -0.2) is 69.5 Å². The maximum atomic E-state index is 11.7. The van der Waals surface area contributed by atoms with Gasteiger partial charge < -0.3 is 15.4 Å². The van der Waals surface area contributed by atoms with E-state index >= 15 is 0 Å². The number of nitrogens with one attached hydrogen (secondary N) is 2. The van der Waals surface area contributed by atoms with Gasteiger partial charge in [-0.15, -0.1) is 12.4 Å². The number of hydrogen-bond acceptors (Lipinski definition) is 4. The Balaban J connectivity index is 0.00000324. The molecule has 9 heteroatoms. The third kappa shape index (κ3) is 9.94. The molecule has 0 atom stereocenters. The van der Waals surface area contributed by atoms with Gasteiger partial charge in [0.2, 0.25) is 5.91 Å². The number of nitrogens with zero attached hydrogens (tertiary/aromatic N) is 1. The molecule has 0 aromatic rings. The largest absolute Gasteiger partial charge is 0.411 e. The summed E-state index contributed by atoms with van der Waals surface area (Å²) in [5, 5.41) is 5.72. The molecule has 1 heterocycles. The summed E-state index contributed by atoms with van der Waals surface area (Å²) in [7, 11) is 0. The lowest BCUT2D eigenvalue weighted by Crippen LogP contribution is -2.46. The summed E-state index contributed by atoms with van der Waals surface area (Å²) in [5.41, 5.74) is 0. The van der Waals surface area contributed by atoms with Crippen LogP contribution in [0.5, 0.6) is 0 Å². The number of carbonyl (C=O) groups is 1. The predicted molar refractivity (Wildman–Crippen MR) is 66.4 cm³/mol. The van der Waals surface area contributed by atoms with Crippen molar-refractivity contribution in [3.05, 3.63) is 0 Å². The first-order valence-corrected chi connectivity index (χ1v) is 5.81. The zero-order valence-corrected chi connectivity index (χ0v) is 11.3. The zero-order valence-electron chi connectivity index (χ0n) is 10.5. The van der Waals surface area contributed by atoms with Crippen LogP contribution in [0.15, 0.2) is 0 Å². The lowest BCUT2D eigenvalue weighted by atomic mass is 10.3. The van der Waals surface area contributed by atoms with Gasteiger partial charge in [0.25, 0.3) is 0 Å². The van der Waals surface area contributed by atoms with Crippen molar-refractivity contribution in [1.29, 1.82) is 0 Å². The lowest BCUT2D eigenvalue weighted by Gasteiger charge is -2.27. The molecule has 1 fully saturated rings. The Labute approximate surface area is 116 Å². The van der Waals surface area contributed by atoms with Crippen molar-refractivity contribution in [3.63, 3.8) is 0 Å². The van der Waals surface area contributed by atoms with Gasteiger partial charge in [-0.25, -0.2) is 0 Å². The second-order valence-electron chi connectivity index (χ2n) is 4.05. The smallest absolute Gasteiger partial charge is 0.362 e. The molecule has 0 aromatic carbocycles. The first-order valence-electron chi connectivity index (χ1n) is 5.81. The van der Waals surface area contributed by atoms with Crippen molar-refractivity contribution in [1.82, 2.24) is 15.5 Å². The van der Waals surface area contributed by atoms with Gasteiger partial charge in [0, 0.05) is 39.3 Å². The van der Waals surface area contributed by atoms with Gasteiger partial charge in [0.05, 0.1) is 0 Å². The van der Waals surface area contributed by atoms with Gasteiger partial charge in [0.1, 0.15) is 13.2 Å². The van der Waals surface area contributed by atoms with Gasteiger partial charge in [-0.3, -0.25) is 9.69 Å². The topological polar surface area (TPSA) is 53.6 Å². The van der Waals surface area contributed by atoms with Gasteiger partial charge in [0.15, 0.2) is 0 Å². The predicted octanol–water partition coefficient (Wildman–Crippen LogP) is 0.00850. The minimum atomic E-state index is -4.39. The van der Waals surface area contributed by atoms with E-state index in [1.807, 2.05) is 0 Å². The van der Waals surface area contributed by atoms with E-state index in [1.165, 1.54) is 0 Å². The maximum Gasteiger partial charge on any atom is 0.411 e. The van der Waals surface area contributed by atoms with Crippen LogP contribution in [0.3, 0.4) is 0 Å². The van der Waals surface area contributed by atoms with E-state index in [4.69, 9.17) is 0 Å². The molecule has 19 heavy (non-hydrogen) atoms. The number of amides is 1. The number of carbonyl (C=O) groups excluding carboxylic acids is 1. The third-order valence-corrected chi connectivity index (χ3v) is 2.46. The Hall–Kier alpha value is -0.570. The average Bonchev–Trinajstić information content (AvgIpc) is 2.28. The summed E-state index contributed by atoms with van der Waals surface area (Å²) in [6, 6.07) is 0. The minimum absolute atomic E-state index is 0. The molecule has 0 aliphatic carbocycles. The van der Waals surface area contributed by atoms with Gasteiger partial charge in [-0.05, 0) is 0 Å². The molecule has 5 nitrogen and oxygen atoms in total. The molecule has 0 radical (unpaired) electrons. The minimum Gasteiger partial charge on any atom is -0.362 e. The molecule has 0 saturated carbocycles. The second kappa shape index (κ2) is 9.35. The number of piperazine rings is 1. The quantitative estimate of drug-likeness (QED) is 0.726. The summed E-state index contributed by atoms with van der Waals surface area (Å²) in [6.45, 7) is 2.85. The van der Waals surface area contributed by atoms with Crippen molar-refractivity contribution in [3.8, 4) is 0 Å². The number of alkyl halides is 3. The fraction of sp³-hybridized carbons (Fsp3) is 0.900. The summed E-state index contributed by atoms with van der Waals surface area (Å²) in [6.07, 6.45) is -4.39. The molecule has 0 unspecified atom stereocenters. The molecule has 2 N–H and O–H groups in total. The van der Waals surface area contributed by atoms with E-state index < -0.39 is 25.3 Å². The van der Waals surface area contributed by atoms with Crippen molar-refractivity contribution in [2.24, 2.45) is 0 Å². The molecular weight excluding hydrogens is 287 g/mol. The molecule has 1 saturated heterocycles. The molecule has 1 aliphatic rings. The van der Waals surface area contributed by atoms with Crippen molar-refractivity contribution < 1.29 is 22.7 Å². The maximum absolute atomic E-state index is 11.7. The normalized spacial score (nSPS) is 16.8. The van der Waals surface area contributed by atoms with Crippen LogP contribution in [0, 0.1) is 0 Å². The molecule has 1 aliphatic heterocycles. The van der Waals surface area contributed by atoms with Crippen LogP contribution in [0.4, 0.5) is 13.2 Å². The monoisotopic (exact) mass is 305 g/mol. The van der Waals surface area contributed by atoms with Crippen LogP contribution in [0.2, 0.25) is 0 Å². The highest BCUT2D eigenvalue weighted by atomic mass is 35.5. The summed E-state index contributed by atoms with van der Waals surface area (Å²) in [5.74, 6) is -0.519. The van der Waals surface area contributed by atoms with Gasteiger partial charge in [-0.1, -0.05) is 0 Å². The van der Waals surface area contributed by atoms with E-state index in [0.717, 1.165) is 26.2 Å². The van der Waals surface area contributed by atoms with Crippen molar-refractivity contribution in [2.45, 2.75) is 6.18 Å². The molecule has 1 amide bonds. The van der Waals surface area contributed by atoms with Crippen LogP contribution >= 0.6 is 12.4 Å². The third-order valence-electron chi connectivity index (χ3n) is 2.46. The summed E-state index contributed by atoms with van der Waals surface area (Å²) >= 11 is 0. The van der Waals surface area contributed by atoms with Crippen LogP contribution in [0.25, 0.3) is 0 Å². The Morgan fingerprint density at radius 2 is 1.95 bits per heavy atom. The van der Waals surface area contributed by atoms with Crippen LogP contribution in [-0.2, 0) is 9.53 Å².